The molecule has 1 aliphatic carbocycles. The third-order valence-corrected chi connectivity index (χ3v) is 6.87. The van der Waals surface area contributed by atoms with E-state index in [4.69, 9.17) is 4.74 Å². The Kier molecular flexibility index (Phi) is 8.45. The van der Waals surface area contributed by atoms with Crippen molar-refractivity contribution >= 4 is 17.9 Å². The third-order valence-electron chi connectivity index (χ3n) is 6.87. The van der Waals surface area contributed by atoms with Crippen LogP contribution in [0.2, 0.25) is 0 Å². The van der Waals surface area contributed by atoms with Gasteiger partial charge >= 0.3 is 6.09 Å². The summed E-state index contributed by atoms with van der Waals surface area (Å²) >= 11 is 0. The number of aromatic nitrogens is 3. The monoisotopic (exact) mass is 510 g/mol. The van der Waals surface area contributed by atoms with E-state index in [0.29, 0.717) is 24.9 Å². The zero-order valence-corrected chi connectivity index (χ0v) is 22.0. The first-order valence-corrected chi connectivity index (χ1v) is 13.2. The van der Waals surface area contributed by atoms with Gasteiger partial charge in [-0.05, 0) is 52.5 Å². The van der Waals surface area contributed by atoms with Crippen LogP contribution in [-0.4, -0.2) is 73.4 Å². The van der Waals surface area contributed by atoms with Crippen molar-refractivity contribution in [3.63, 3.8) is 0 Å². The number of aromatic amines is 1. The van der Waals surface area contributed by atoms with Gasteiger partial charge in [-0.25, -0.2) is 9.78 Å². The van der Waals surface area contributed by atoms with E-state index in [0.717, 1.165) is 25.7 Å². The van der Waals surface area contributed by atoms with Gasteiger partial charge in [-0.3, -0.25) is 14.6 Å². The van der Waals surface area contributed by atoms with Gasteiger partial charge in [0.15, 0.2) is 0 Å². The van der Waals surface area contributed by atoms with Gasteiger partial charge in [0.25, 0.3) is 5.91 Å². The largest absolute Gasteiger partial charge is 0.444 e. The maximum atomic E-state index is 13.9. The molecule has 200 valence electrons. The van der Waals surface area contributed by atoms with Crippen LogP contribution in [0, 0.1) is 0 Å². The Hall–Kier alpha value is -3.43. The number of imidazole rings is 1. The van der Waals surface area contributed by atoms with E-state index in [2.05, 4.69) is 20.3 Å². The number of ether oxygens (including phenoxy) is 1. The Morgan fingerprint density at radius 1 is 1.16 bits per heavy atom. The maximum Gasteiger partial charge on any atom is 0.410 e. The molecule has 2 aromatic rings. The summed E-state index contributed by atoms with van der Waals surface area (Å²) in [6, 6.07) is 2.34. The zero-order valence-electron chi connectivity index (χ0n) is 22.0. The topological polar surface area (TPSA) is 121 Å². The highest BCUT2D eigenvalue weighted by molar-refractivity contribution is 5.96. The first-order valence-electron chi connectivity index (χ1n) is 13.2. The molecule has 2 unspecified atom stereocenters. The lowest BCUT2D eigenvalue weighted by Crippen LogP contribution is -2.56. The molecule has 2 aromatic heterocycles. The molecule has 2 atom stereocenters. The number of piperidine rings is 1. The lowest BCUT2D eigenvalue weighted by molar-refractivity contribution is -0.128. The fraction of sp³-hybridized carbons (Fsp3) is 0.593. The molecule has 2 fully saturated rings. The van der Waals surface area contributed by atoms with Crippen LogP contribution >= 0.6 is 0 Å². The van der Waals surface area contributed by atoms with Crippen molar-refractivity contribution in [2.45, 2.75) is 89.4 Å². The molecule has 37 heavy (non-hydrogen) atoms. The number of amides is 3. The zero-order chi connectivity index (χ0) is 26.4. The van der Waals surface area contributed by atoms with Crippen LogP contribution in [0.1, 0.15) is 87.8 Å². The average molecular weight is 511 g/mol. The van der Waals surface area contributed by atoms with Crippen molar-refractivity contribution in [3.8, 4) is 0 Å². The third kappa shape index (κ3) is 6.87. The van der Waals surface area contributed by atoms with E-state index in [-0.39, 0.29) is 30.1 Å². The van der Waals surface area contributed by atoms with E-state index >= 15 is 0 Å². The Balaban J connectivity index is 1.68. The number of likely N-dealkylation sites (tertiary alicyclic amines) is 1. The Morgan fingerprint density at radius 2 is 1.95 bits per heavy atom. The molecule has 0 bridgehead atoms. The molecular weight excluding hydrogens is 472 g/mol. The van der Waals surface area contributed by atoms with Crippen LogP contribution in [0.15, 0.2) is 37.1 Å². The average Bonchev–Trinajstić information content (AvgIpc) is 3.42. The molecule has 0 radical (unpaired) electrons. The number of pyridine rings is 1. The number of carbonyl (C=O) groups is 3. The summed E-state index contributed by atoms with van der Waals surface area (Å²) in [6.45, 7) is 6.27. The first-order chi connectivity index (χ1) is 17.7. The van der Waals surface area contributed by atoms with Crippen molar-refractivity contribution in [2.75, 3.05) is 13.1 Å². The van der Waals surface area contributed by atoms with E-state index < -0.39 is 23.8 Å². The predicted molar refractivity (Wildman–Crippen MR) is 138 cm³/mol. The van der Waals surface area contributed by atoms with E-state index in [1.165, 1.54) is 18.9 Å². The second-order valence-corrected chi connectivity index (χ2v) is 10.9. The molecule has 0 aromatic carbocycles. The summed E-state index contributed by atoms with van der Waals surface area (Å²) in [4.78, 5) is 55.2. The van der Waals surface area contributed by atoms with E-state index in [9.17, 15) is 14.4 Å². The molecular formula is C27H38N6O4. The molecule has 10 nitrogen and oxygen atoms in total. The second-order valence-electron chi connectivity index (χ2n) is 10.9. The molecule has 1 saturated heterocycles. The fourth-order valence-electron chi connectivity index (χ4n) is 5.18. The number of rotatable bonds is 6. The van der Waals surface area contributed by atoms with Crippen molar-refractivity contribution in [2.24, 2.45) is 0 Å². The highest BCUT2D eigenvalue weighted by atomic mass is 16.6. The lowest BCUT2D eigenvalue weighted by Gasteiger charge is -2.42. The van der Waals surface area contributed by atoms with E-state index in [1.54, 1.807) is 28.3 Å². The number of nitrogens with zero attached hydrogens (tertiary/aromatic N) is 4. The van der Waals surface area contributed by atoms with E-state index in [1.807, 2.05) is 26.8 Å². The van der Waals surface area contributed by atoms with Crippen molar-refractivity contribution in [3.05, 3.63) is 48.3 Å². The summed E-state index contributed by atoms with van der Waals surface area (Å²) in [5.74, 6) is -0.608. The molecule has 3 heterocycles. The molecule has 1 saturated carbocycles. The molecule has 10 heteroatoms. The molecule has 0 spiro atoms. The van der Waals surface area contributed by atoms with Crippen LogP contribution in [0.25, 0.3) is 0 Å². The first kappa shape index (κ1) is 26.6. The van der Waals surface area contributed by atoms with Crippen LogP contribution < -0.4 is 5.32 Å². The Labute approximate surface area is 218 Å². The molecule has 1 aliphatic heterocycles. The standard InChI is InChI=1S/C27H38N6O4/c1-27(2,3)37-26(36)32-14-8-12-21(17-32)33(25(35)22-16-29-18-30-22)23(19-9-7-13-28-15-19)24(34)31-20-10-5-4-6-11-20/h7,9,13,15-16,18,20-21,23H,4-6,8,10-12,14,17H2,1-3H3,(H,29,30)(H,31,34). The lowest BCUT2D eigenvalue weighted by atomic mass is 9.94. The Bertz CT molecular complexity index is 1050. The highest BCUT2D eigenvalue weighted by Crippen LogP contribution is 2.30. The fourth-order valence-corrected chi connectivity index (χ4v) is 5.18. The number of H-pyrrole nitrogens is 1. The van der Waals surface area contributed by atoms with Gasteiger partial charge < -0.3 is 24.8 Å². The van der Waals surface area contributed by atoms with Crippen LogP contribution in [0.3, 0.4) is 0 Å². The van der Waals surface area contributed by atoms with Gasteiger partial charge in [0.05, 0.1) is 12.4 Å². The van der Waals surface area contributed by atoms with Gasteiger partial charge in [0.2, 0.25) is 5.91 Å². The number of hydrogen-bond donors (Lipinski definition) is 2. The van der Waals surface area contributed by atoms with Gasteiger partial charge in [0, 0.05) is 43.3 Å². The van der Waals surface area contributed by atoms with Crippen LogP contribution in [0.5, 0.6) is 0 Å². The summed E-state index contributed by atoms with van der Waals surface area (Å²) in [6.07, 6.45) is 12.3. The van der Waals surface area contributed by atoms with Crippen LogP contribution in [0.4, 0.5) is 4.79 Å². The number of carbonyl (C=O) groups excluding carboxylic acids is 3. The smallest absolute Gasteiger partial charge is 0.410 e. The minimum atomic E-state index is -0.914. The van der Waals surface area contributed by atoms with Gasteiger partial charge in [-0.2, -0.15) is 0 Å². The van der Waals surface area contributed by atoms with Gasteiger partial charge in [-0.15, -0.1) is 0 Å². The normalized spacial score (nSPS) is 19.6. The predicted octanol–water partition coefficient (Wildman–Crippen LogP) is 3.84. The summed E-state index contributed by atoms with van der Waals surface area (Å²) < 4.78 is 5.61. The number of hydrogen-bond acceptors (Lipinski definition) is 6. The Morgan fingerprint density at radius 3 is 2.59 bits per heavy atom. The summed E-state index contributed by atoms with van der Waals surface area (Å²) in [7, 11) is 0. The summed E-state index contributed by atoms with van der Waals surface area (Å²) in [5, 5.41) is 3.21. The maximum absolute atomic E-state index is 13.9. The molecule has 2 N–H and O–H groups in total. The van der Waals surface area contributed by atoms with Crippen molar-refractivity contribution < 1.29 is 19.1 Å². The van der Waals surface area contributed by atoms with Crippen LogP contribution in [-0.2, 0) is 9.53 Å². The number of nitrogens with one attached hydrogen (secondary N) is 2. The molecule has 4 rings (SSSR count). The van der Waals surface area contributed by atoms with Crippen molar-refractivity contribution in [1.29, 1.82) is 0 Å². The quantitative estimate of drug-likeness (QED) is 0.609. The summed E-state index contributed by atoms with van der Waals surface area (Å²) in [5.41, 5.74) is 0.204. The van der Waals surface area contributed by atoms with Crippen molar-refractivity contribution in [1.82, 2.24) is 30.1 Å². The SMILES string of the molecule is CC(C)(C)OC(=O)N1CCCC(N(C(=O)c2c[nH]cn2)C(C(=O)NC2CCCCC2)c2cccnc2)C1. The molecule has 2 aliphatic rings. The second kappa shape index (κ2) is 11.7. The van der Waals surface area contributed by atoms with Gasteiger partial charge in [0.1, 0.15) is 17.3 Å². The van der Waals surface area contributed by atoms with Gasteiger partial charge in [-0.1, -0.05) is 25.3 Å². The minimum Gasteiger partial charge on any atom is -0.444 e. The molecule has 3 amide bonds. The highest BCUT2D eigenvalue weighted by Gasteiger charge is 2.41. The minimum absolute atomic E-state index is 0.0763.